The first kappa shape index (κ1) is 16.2. The van der Waals surface area contributed by atoms with Crippen LogP contribution in [0.5, 0.6) is 0 Å². The molecule has 116 valence electrons. The van der Waals surface area contributed by atoms with Gasteiger partial charge in [-0.3, -0.25) is 4.79 Å². The van der Waals surface area contributed by atoms with Gasteiger partial charge in [0.2, 0.25) is 0 Å². The van der Waals surface area contributed by atoms with Crippen LogP contribution in [0.25, 0.3) is 0 Å². The molecule has 21 heavy (non-hydrogen) atoms. The summed E-state index contributed by atoms with van der Waals surface area (Å²) in [5.74, 6) is -0.241. The van der Waals surface area contributed by atoms with E-state index in [0.717, 1.165) is 50.8 Å². The van der Waals surface area contributed by atoms with Crippen molar-refractivity contribution in [2.45, 2.75) is 44.1 Å². The molecule has 3 rings (SSSR count). The monoisotopic (exact) mass is 312 g/mol. The molecule has 0 unspecified atom stereocenters. The van der Waals surface area contributed by atoms with Crippen LogP contribution >= 0.6 is 12.4 Å². The molecule has 1 aliphatic carbocycles. The van der Waals surface area contributed by atoms with E-state index in [1.54, 1.807) is 6.07 Å². The van der Waals surface area contributed by atoms with Gasteiger partial charge in [0.25, 0.3) is 5.91 Å². The smallest absolute Gasteiger partial charge is 0.254 e. The zero-order chi connectivity index (χ0) is 13.9. The van der Waals surface area contributed by atoms with Gasteiger partial charge in [0.05, 0.1) is 5.56 Å². The van der Waals surface area contributed by atoms with Gasteiger partial charge in [0, 0.05) is 6.04 Å². The SMILES string of the molecule is Cl.O=C(NC1CCC1)c1cc(C2CCNCC2)ccc1F. The van der Waals surface area contributed by atoms with E-state index in [1.807, 2.05) is 6.07 Å². The molecular formula is C16H22ClFN2O. The molecular weight excluding hydrogens is 291 g/mol. The summed E-state index contributed by atoms with van der Waals surface area (Å²) in [4.78, 5) is 12.1. The molecule has 2 aliphatic rings. The third-order valence-electron chi connectivity index (χ3n) is 4.49. The summed E-state index contributed by atoms with van der Waals surface area (Å²) in [7, 11) is 0. The van der Waals surface area contributed by atoms with Crippen LogP contribution in [0.4, 0.5) is 4.39 Å². The van der Waals surface area contributed by atoms with E-state index in [2.05, 4.69) is 10.6 Å². The minimum Gasteiger partial charge on any atom is -0.349 e. The van der Waals surface area contributed by atoms with Crippen molar-refractivity contribution in [2.24, 2.45) is 0 Å². The molecule has 1 aliphatic heterocycles. The van der Waals surface area contributed by atoms with Crippen LogP contribution in [0.15, 0.2) is 18.2 Å². The second-order valence-corrected chi connectivity index (χ2v) is 5.86. The summed E-state index contributed by atoms with van der Waals surface area (Å²) in [6.07, 6.45) is 5.29. The average Bonchev–Trinajstić information content (AvgIpc) is 2.44. The molecule has 0 atom stereocenters. The van der Waals surface area contributed by atoms with Crippen molar-refractivity contribution in [1.29, 1.82) is 0 Å². The van der Waals surface area contributed by atoms with E-state index < -0.39 is 5.82 Å². The van der Waals surface area contributed by atoms with Gasteiger partial charge in [-0.25, -0.2) is 4.39 Å². The normalized spacial score (nSPS) is 19.5. The molecule has 0 spiro atoms. The van der Waals surface area contributed by atoms with Crippen LogP contribution in [0.3, 0.4) is 0 Å². The molecule has 1 saturated carbocycles. The van der Waals surface area contributed by atoms with Gasteiger partial charge in [-0.1, -0.05) is 6.07 Å². The number of rotatable bonds is 3. The van der Waals surface area contributed by atoms with E-state index in [-0.39, 0.29) is 29.9 Å². The zero-order valence-corrected chi connectivity index (χ0v) is 12.8. The van der Waals surface area contributed by atoms with Gasteiger partial charge >= 0.3 is 0 Å². The topological polar surface area (TPSA) is 41.1 Å². The average molecular weight is 313 g/mol. The number of nitrogens with one attached hydrogen (secondary N) is 2. The lowest BCUT2D eigenvalue weighted by Crippen LogP contribution is -2.39. The van der Waals surface area contributed by atoms with Crippen molar-refractivity contribution in [2.75, 3.05) is 13.1 Å². The fourth-order valence-corrected chi connectivity index (χ4v) is 2.94. The molecule has 2 N–H and O–H groups in total. The minimum atomic E-state index is -0.417. The zero-order valence-electron chi connectivity index (χ0n) is 12.0. The molecule has 5 heteroatoms. The summed E-state index contributed by atoms with van der Waals surface area (Å²) >= 11 is 0. The number of hydrogen-bond donors (Lipinski definition) is 2. The van der Waals surface area contributed by atoms with Crippen molar-refractivity contribution in [1.82, 2.24) is 10.6 Å². The maximum atomic E-state index is 13.9. The van der Waals surface area contributed by atoms with Crippen LogP contribution in [0.2, 0.25) is 0 Å². The molecule has 1 aromatic carbocycles. The second-order valence-electron chi connectivity index (χ2n) is 5.86. The number of carbonyl (C=O) groups is 1. The Morgan fingerprint density at radius 1 is 1.19 bits per heavy atom. The second kappa shape index (κ2) is 7.23. The van der Waals surface area contributed by atoms with Gasteiger partial charge < -0.3 is 10.6 Å². The van der Waals surface area contributed by atoms with Crippen molar-refractivity contribution >= 4 is 18.3 Å². The first-order chi connectivity index (χ1) is 9.74. The summed E-state index contributed by atoms with van der Waals surface area (Å²) in [5.41, 5.74) is 1.29. The molecule has 3 nitrogen and oxygen atoms in total. The number of halogens is 2. The highest BCUT2D eigenvalue weighted by atomic mass is 35.5. The summed E-state index contributed by atoms with van der Waals surface area (Å²) in [5, 5.41) is 6.23. The Kier molecular flexibility index (Phi) is 5.59. The van der Waals surface area contributed by atoms with Crippen LogP contribution in [0, 0.1) is 5.82 Å². The lowest BCUT2D eigenvalue weighted by Gasteiger charge is -2.27. The standard InChI is InChI=1S/C16H21FN2O.ClH/c17-15-5-4-12(11-6-8-18-9-7-11)10-14(15)16(20)19-13-2-1-3-13;/h4-5,10-11,13,18H,1-3,6-9H2,(H,19,20);1H. The van der Waals surface area contributed by atoms with Crippen LogP contribution in [0.1, 0.15) is 53.9 Å². The first-order valence-corrected chi connectivity index (χ1v) is 7.55. The third kappa shape index (κ3) is 3.74. The van der Waals surface area contributed by atoms with Crippen molar-refractivity contribution < 1.29 is 9.18 Å². The maximum Gasteiger partial charge on any atom is 0.254 e. The number of carbonyl (C=O) groups excluding carboxylic acids is 1. The van der Waals surface area contributed by atoms with E-state index in [0.29, 0.717) is 5.92 Å². The largest absolute Gasteiger partial charge is 0.349 e. The van der Waals surface area contributed by atoms with E-state index in [9.17, 15) is 9.18 Å². The number of amides is 1. The van der Waals surface area contributed by atoms with Crippen LogP contribution in [-0.4, -0.2) is 25.0 Å². The van der Waals surface area contributed by atoms with Gasteiger partial charge in [0.15, 0.2) is 0 Å². The molecule has 0 bridgehead atoms. The Hall–Kier alpha value is -1.13. The Labute approximate surface area is 131 Å². The van der Waals surface area contributed by atoms with Gasteiger partial charge in [-0.15, -0.1) is 12.4 Å². The summed E-state index contributed by atoms with van der Waals surface area (Å²) in [6, 6.07) is 5.25. The molecule has 1 saturated heterocycles. The Morgan fingerprint density at radius 2 is 1.90 bits per heavy atom. The van der Waals surface area contributed by atoms with E-state index in [1.165, 1.54) is 6.07 Å². The number of hydrogen-bond acceptors (Lipinski definition) is 2. The Balaban J connectivity index is 0.00000161. The van der Waals surface area contributed by atoms with Gasteiger partial charge in [0.1, 0.15) is 5.82 Å². The van der Waals surface area contributed by atoms with Crippen LogP contribution in [-0.2, 0) is 0 Å². The van der Waals surface area contributed by atoms with Crippen molar-refractivity contribution in [3.05, 3.63) is 35.1 Å². The number of benzene rings is 1. The van der Waals surface area contributed by atoms with Crippen molar-refractivity contribution in [3.8, 4) is 0 Å². The Morgan fingerprint density at radius 3 is 2.52 bits per heavy atom. The molecule has 1 aromatic rings. The van der Waals surface area contributed by atoms with Crippen molar-refractivity contribution in [3.63, 3.8) is 0 Å². The van der Waals surface area contributed by atoms with Crippen LogP contribution < -0.4 is 10.6 Å². The highest BCUT2D eigenvalue weighted by Gasteiger charge is 2.23. The summed E-state index contributed by atoms with van der Waals surface area (Å²) in [6.45, 7) is 1.98. The molecule has 0 radical (unpaired) electrons. The molecule has 2 fully saturated rings. The maximum absolute atomic E-state index is 13.9. The highest BCUT2D eigenvalue weighted by molar-refractivity contribution is 5.95. The predicted molar refractivity (Wildman–Crippen MR) is 83.6 cm³/mol. The molecule has 1 amide bonds. The van der Waals surface area contributed by atoms with E-state index >= 15 is 0 Å². The Bertz CT molecular complexity index is 499. The fourth-order valence-electron chi connectivity index (χ4n) is 2.94. The van der Waals surface area contributed by atoms with E-state index in [4.69, 9.17) is 0 Å². The predicted octanol–water partition coefficient (Wildman–Crippen LogP) is 3.00. The quantitative estimate of drug-likeness (QED) is 0.901. The first-order valence-electron chi connectivity index (χ1n) is 7.55. The molecule has 0 aromatic heterocycles. The summed E-state index contributed by atoms with van der Waals surface area (Å²) < 4.78 is 13.9. The third-order valence-corrected chi connectivity index (χ3v) is 4.49. The fraction of sp³-hybridized carbons (Fsp3) is 0.562. The van der Waals surface area contributed by atoms with Gasteiger partial charge in [-0.05, 0) is 68.8 Å². The minimum absolute atomic E-state index is 0. The number of piperidine rings is 1. The highest BCUT2D eigenvalue weighted by Crippen LogP contribution is 2.27. The lowest BCUT2D eigenvalue weighted by atomic mass is 9.89. The lowest BCUT2D eigenvalue weighted by molar-refractivity contribution is 0.0912. The van der Waals surface area contributed by atoms with Gasteiger partial charge in [-0.2, -0.15) is 0 Å². The molecule has 1 heterocycles.